The maximum Gasteiger partial charge on any atom is 0.119 e. The van der Waals surface area contributed by atoms with Gasteiger partial charge in [0.25, 0.3) is 0 Å². The van der Waals surface area contributed by atoms with E-state index in [4.69, 9.17) is 4.74 Å². The molecule has 1 N–H and O–H groups in total. The highest BCUT2D eigenvalue weighted by Crippen LogP contribution is 2.50. The molecule has 0 fully saturated rings. The number of rotatable bonds is 4. The predicted molar refractivity (Wildman–Crippen MR) is 95.0 cm³/mol. The first kappa shape index (κ1) is 14.4. The zero-order chi connectivity index (χ0) is 15.6. The van der Waals surface area contributed by atoms with E-state index in [9.17, 15) is 0 Å². The Morgan fingerprint density at radius 3 is 2.83 bits per heavy atom. The first-order valence-electron chi connectivity index (χ1n) is 8.61. The monoisotopic (exact) mass is 305 g/mol. The molecule has 0 aromatic heterocycles. The minimum absolute atomic E-state index is 0.381. The first-order valence-corrected chi connectivity index (χ1v) is 8.61. The third-order valence-corrected chi connectivity index (χ3v) is 4.97. The second-order valence-electron chi connectivity index (χ2n) is 6.48. The molecule has 0 bridgehead atoms. The molecule has 3 atom stereocenters. The Balaban J connectivity index is 1.69. The molecule has 0 spiro atoms. The van der Waals surface area contributed by atoms with E-state index in [-0.39, 0.29) is 0 Å². The molecule has 2 heteroatoms. The Bertz CT molecular complexity index is 707. The SMILES string of the molecule is CCCOc1ccc2c(c1)C1C=CCC1C(c1ccccc1)N2. The van der Waals surface area contributed by atoms with Gasteiger partial charge in [0.05, 0.1) is 12.6 Å². The lowest BCUT2D eigenvalue weighted by molar-refractivity contribution is 0.316. The number of fused-ring (bicyclic) bond motifs is 3. The maximum absolute atomic E-state index is 5.83. The van der Waals surface area contributed by atoms with Crippen molar-refractivity contribution in [3.63, 3.8) is 0 Å². The third kappa shape index (κ3) is 2.63. The zero-order valence-electron chi connectivity index (χ0n) is 13.5. The molecule has 0 amide bonds. The summed E-state index contributed by atoms with van der Waals surface area (Å²) >= 11 is 0. The highest BCUT2D eigenvalue weighted by atomic mass is 16.5. The Morgan fingerprint density at radius 2 is 2.00 bits per heavy atom. The van der Waals surface area contributed by atoms with Crippen molar-refractivity contribution in [1.29, 1.82) is 0 Å². The lowest BCUT2D eigenvalue weighted by Crippen LogP contribution is -2.29. The maximum atomic E-state index is 5.83. The van der Waals surface area contributed by atoms with Crippen molar-refractivity contribution in [3.05, 3.63) is 71.8 Å². The van der Waals surface area contributed by atoms with Crippen LogP contribution in [-0.4, -0.2) is 6.61 Å². The third-order valence-electron chi connectivity index (χ3n) is 4.97. The fourth-order valence-corrected chi connectivity index (χ4v) is 3.87. The van der Waals surface area contributed by atoms with Crippen LogP contribution in [0.5, 0.6) is 5.75 Å². The Morgan fingerprint density at radius 1 is 1.13 bits per heavy atom. The average Bonchev–Trinajstić information content (AvgIpc) is 3.10. The van der Waals surface area contributed by atoms with Gasteiger partial charge in [0.1, 0.15) is 5.75 Å². The summed E-state index contributed by atoms with van der Waals surface area (Å²) in [6.07, 6.45) is 6.89. The fourth-order valence-electron chi connectivity index (χ4n) is 3.87. The Kier molecular flexibility index (Phi) is 3.82. The van der Waals surface area contributed by atoms with Crippen molar-refractivity contribution in [2.75, 3.05) is 11.9 Å². The molecule has 2 aliphatic rings. The van der Waals surface area contributed by atoms with E-state index in [1.54, 1.807) is 0 Å². The van der Waals surface area contributed by atoms with Crippen molar-refractivity contribution < 1.29 is 4.74 Å². The van der Waals surface area contributed by atoms with Crippen molar-refractivity contribution in [1.82, 2.24) is 0 Å². The Hall–Kier alpha value is -2.22. The minimum atomic E-state index is 0.381. The van der Waals surface area contributed by atoms with Crippen molar-refractivity contribution >= 4 is 5.69 Å². The van der Waals surface area contributed by atoms with E-state index in [0.29, 0.717) is 17.9 Å². The number of allylic oxidation sites excluding steroid dienone is 2. The number of nitrogens with one attached hydrogen (secondary N) is 1. The number of hydrogen-bond acceptors (Lipinski definition) is 2. The summed E-state index contributed by atoms with van der Waals surface area (Å²) in [7, 11) is 0. The van der Waals surface area contributed by atoms with Gasteiger partial charge in [0, 0.05) is 11.6 Å². The van der Waals surface area contributed by atoms with Crippen LogP contribution in [0.2, 0.25) is 0 Å². The molecule has 2 aromatic carbocycles. The van der Waals surface area contributed by atoms with Crippen LogP contribution in [0, 0.1) is 5.92 Å². The van der Waals surface area contributed by atoms with Gasteiger partial charge in [-0.15, -0.1) is 0 Å². The second kappa shape index (κ2) is 6.11. The van der Waals surface area contributed by atoms with Gasteiger partial charge < -0.3 is 10.1 Å². The molecule has 0 saturated heterocycles. The van der Waals surface area contributed by atoms with Crippen LogP contribution in [0.15, 0.2) is 60.7 Å². The van der Waals surface area contributed by atoms with E-state index >= 15 is 0 Å². The molecule has 0 radical (unpaired) electrons. The lowest BCUT2D eigenvalue weighted by Gasteiger charge is -2.37. The summed E-state index contributed by atoms with van der Waals surface area (Å²) in [5.41, 5.74) is 4.00. The summed E-state index contributed by atoms with van der Waals surface area (Å²) in [4.78, 5) is 0. The highest BCUT2D eigenvalue weighted by Gasteiger charge is 2.37. The molecule has 3 unspecified atom stereocenters. The number of benzene rings is 2. The quantitative estimate of drug-likeness (QED) is 0.774. The highest BCUT2D eigenvalue weighted by molar-refractivity contribution is 5.61. The van der Waals surface area contributed by atoms with Crippen LogP contribution in [-0.2, 0) is 0 Å². The van der Waals surface area contributed by atoms with E-state index in [0.717, 1.165) is 25.2 Å². The number of hydrogen-bond donors (Lipinski definition) is 1. The molecule has 118 valence electrons. The molecule has 0 saturated carbocycles. The molecular formula is C21H23NO. The summed E-state index contributed by atoms with van der Waals surface area (Å²) in [6.45, 7) is 2.92. The zero-order valence-corrected chi connectivity index (χ0v) is 13.5. The first-order chi connectivity index (χ1) is 11.4. The van der Waals surface area contributed by atoms with Crippen molar-refractivity contribution in [3.8, 4) is 5.75 Å². The van der Waals surface area contributed by atoms with Gasteiger partial charge >= 0.3 is 0 Å². The molecule has 1 aliphatic heterocycles. The average molecular weight is 305 g/mol. The second-order valence-corrected chi connectivity index (χ2v) is 6.48. The molecule has 1 aliphatic carbocycles. The van der Waals surface area contributed by atoms with Crippen LogP contribution in [0.3, 0.4) is 0 Å². The van der Waals surface area contributed by atoms with E-state index in [2.05, 4.69) is 72.9 Å². The van der Waals surface area contributed by atoms with Crippen LogP contribution < -0.4 is 10.1 Å². The van der Waals surface area contributed by atoms with E-state index < -0.39 is 0 Å². The van der Waals surface area contributed by atoms with E-state index in [1.165, 1.54) is 16.8 Å². The molecule has 4 rings (SSSR count). The van der Waals surface area contributed by atoms with Gasteiger partial charge in [-0.1, -0.05) is 49.4 Å². The van der Waals surface area contributed by atoms with Crippen LogP contribution >= 0.6 is 0 Å². The van der Waals surface area contributed by atoms with Gasteiger partial charge in [0.2, 0.25) is 0 Å². The smallest absolute Gasteiger partial charge is 0.119 e. The van der Waals surface area contributed by atoms with Gasteiger partial charge in [-0.05, 0) is 48.1 Å². The van der Waals surface area contributed by atoms with Crippen molar-refractivity contribution in [2.24, 2.45) is 5.92 Å². The molecule has 2 nitrogen and oxygen atoms in total. The van der Waals surface area contributed by atoms with Crippen LogP contribution in [0.25, 0.3) is 0 Å². The van der Waals surface area contributed by atoms with Gasteiger partial charge in [-0.3, -0.25) is 0 Å². The minimum Gasteiger partial charge on any atom is -0.494 e. The largest absolute Gasteiger partial charge is 0.494 e. The molecule has 23 heavy (non-hydrogen) atoms. The van der Waals surface area contributed by atoms with Gasteiger partial charge in [0.15, 0.2) is 0 Å². The van der Waals surface area contributed by atoms with Gasteiger partial charge in [-0.2, -0.15) is 0 Å². The van der Waals surface area contributed by atoms with Crippen LogP contribution in [0.4, 0.5) is 5.69 Å². The van der Waals surface area contributed by atoms with Crippen LogP contribution in [0.1, 0.15) is 42.9 Å². The Labute approximate surface area is 138 Å². The standard InChI is InChI=1S/C21H23NO/c1-2-13-23-16-11-12-20-19(14-16)17-9-6-10-18(17)21(22-20)15-7-4-3-5-8-15/h3-9,11-12,14,17-18,21-22H,2,10,13H2,1H3. The molecular weight excluding hydrogens is 282 g/mol. The summed E-state index contributed by atoms with van der Waals surface area (Å²) in [6, 6.07) is 17.7. The summed E-state index contributed by atoms with van der Waals surface area (Å²) < 4.78 is 5.83. The van der Waals surface area contributed by atoms with Gasteiger partial charge in [-0.25, -0.2) is 0 Å². The van der Waals surface area contributed by atoms with Crippen molar-refractivity contribution in [2.45, 2.75) is 31.7 Å². The lowest BCUT2D eigenvalue weighted by atomic mass is 9.77. The molecule has 1 heterocycles. The number of ether oxygens (including phenoxy) is 1. The molecule has 2 aromatic rings. The normalized spacial score (nSPS) is 24.7. The number of anilines is 1. The summed E-state index contributed by atoms with van der Waals surface area (Å²) in [5, 5.41) is 3.77. The predicted octanol–water partition coefficient (Wildman–Crippen LogP) is 5.30. The summed E-state index contributed by atoms with van der Waals surface area (Å²) in [5.74, 6) is 2.07. The fraction of sp³-hybridized carbons (Fsp3) is 0.333. The van der Waals surface area contributed by atoms with E-state index in [1.807, 2.05) is 0 Å². The topological polar surface area (TPSA) is 21.3 Å².